The Hall–Kier alpha value is -0.160. The molecule has 1 aliphatic carbocycles. The third kappa shape index (κ3) is 2.94. The van der Waals surface area contributed by atoms with Crippen LogP contribution in [0.25, 0.3) is 0 Å². The van der Waals surface area contributed by atoms with Crippen molar-refractivity contribution in [2.24, 2.45) is 5.73 Å². The van der Waals surface area contributed by atoms with Gasteiger partial charge in [0.15, 0.2) is 0 Å². The number of likely N-dealkylation sites (tertiary alicyclic amines) is 1. The molecule has 0 spiro atoms. The first-order valence-corrected chi connectivity index (χ1v) is 6.49. The Morgan fingerprint density at radius 3 is 2.75 bits per heavy atom. The molecule has 2 aliphatic rings. The van der Waals surface area contributed by atoms with Crippen molar-refractivity contribution in [3.8, 4) is 0 Å². The lowest BCUT2D eigenvalue weighted by atomic mass is 9.99. The standard InChI is InChI=1S/C12H26N4/c1-15(2)8-6-14-12(9-13)5-7-16(10-12)11-3-4-11/h11,14H,3-10,13H2,1-2H3. The fourth-order valence-electron chi connectivity index (χ4n) is 2.58. The summed E-state index contributed by atoms with van der Waals surface area (Å²) in [6, 6.07) is 0.879. The molecule has 1 aliphatic heterocycles. The molecule has 0 radical (unpaired) electrons. The molecular weight excluding hydrogens is 200 g/mol. The molecule has 1 saturated carbocycles. The van der Waals surface area contributed by atoms with Crippen LogP contribution in [0.2, 0.25) is 0 Å². The van der Waals surface area contributed by atoms with Gasteiger partial charge in [-0.05, 0) is 33.4 Å². The fourth-order valence-corrected chi connectivity index (χ4v) is 2.58. The van der Waals surface area contributed by atoms with Crippen molar-refractivity contribution in [1.29, 1.82) is 0 Å². The van der Waals surface area contributed by atoms with Crippen LogP contribution in [-0.2, 0) is 0 Å². The van der Waals surface area contributed by atoms with Gasteiger partial charge >= 0.3 is 0 Å². The highest BCUT2D eigenvalue weighted by atomic mass is 15.3. The quantitative estimate of drug-likeness (QED) is 0.653. The summed E-state index contributed by atoms with van der Waals surface area (Å²) in [4.78, 5) is 4.83. The normalized spacial score (nSPS) is 31.5. The van der Waals surface area contributed by atoms with E-state index in [9.17, 15) is 0 Å². The van der Waals surface area contributed by atoms with E-state index in [4.69, 9.17) is 5.73 Å². The minimum atomic E-state index is 0.193. The third-order valence-electron chi connectivity index (χ3n) is 3.90. The van der Waals surface area contributed by atoms with Crippen LogP contribution in [-0.4, -0.2) is 68.2 Å². The van der Waals surface area contributed by atoms with E-state index in [1.807, 2.05) is 0 Å². The Balaban J connectivity index is 1.78. The fraction of sp³-hybridized carbons (Fsp3) is 1.00. The number of rotatable bonds is 6. The van der Waals surface area contributed by atoms with Crippen molar-refractivity contribution >= 4 is 0 Å². The number of hydrogen-bond acceptors (Lipinski definition) is 4. The zero-order valence-electron chi connectivity index (χ0n) is 10.7. The predicted molar refractivity (Wildman–Crippen MR) is 67.6 cm³/mol. The highest BCUT2D eigenvalue weighted by molar-refractivity contribution is 5.02. The van der Waals surface area contributed by atoms with Gasteiger partial charge in [0.2, 0.25) is 0 Å². The van der Waals surface area contributed by atoms with E-state index >= 15 is 0 Å². The lowest BCUT2D eigenvalue weighted by Gasteiger charge is -2.30. The van der Waals surface area contributed by atoms with Crippen molar-refractivity contribution < 1.29 is 0 Å². The highest BCUT2D eigenvalue weighted by Gasteiger charge is 2.41. The lowest BCUT2D eigenvalue weighted by Crippen LogP contribution is -2.54. The largest absolute Gasteiger partial charge is 0.329 e. The maximum atomic E-state index is 5.97. The molecule has 2 rings (SSSR count). The summed E-state index contributed by atoms with van der Waals surface area (Å²) in [5.41, 5.74) is 6.16. The molecule has 1 heterocycles. The van der Waals surface area contributed by atoms with Gasteiger partial charge in [-0.3, -0.25) is 4.90 Å². The van der Waals surface area contributed by atoms with E-state index in [0.717, 1.165) is 32.2 Å². The summed E-state index contributed by atoms with van der Waals surface area (Å²) in [6.07, 6.45) is 4.02. The first kappa shape index (κ1) is 12.3. The zero-order chi connectivity index (χ0) is 11.6. The number of likely N-dealkylation sites (N-methyl/N-ethyl adjacent to an activating group) is 1. The molecule has 0 aromatic heterocycles. The Bertz CT molecular complexity index is 227. The minimum absolute atomic E-state index is 0.193. The molecule has 16 heavy (non-hydrogen) atoms. The molecule has 1 atom stereocenters. The lowest BCUT2D eigenvalue weighted by molar-refractivity contribution is 0.268. The van der Waals surface area contributed by atoms with Gasteiger partial charge in [0.1, 0.15) is 0 Å². The van der Waals surface area contributed by atoms with Gasteiger partial charge in [0.25, 0.3) is 0 Å². The van der Waals surface area contributed by atoms with Gasteiger partial charge in [-0.2, -0.15) is 0 Å². The summed E-state index contributed by atoms with van der Waals surface area (Å²) >= 11 is 0. The van der Waals surface area contributed by atoms with Gasteiger partial charge in [-0.1, -0.05) is 0 Å². The molecule has 1 unspecified atom stereocenters. The number of nitrogens with zero attached hydrogens (tertiary/aromatic N) is 2. The highest BCUT2D eigenvalue weighted by Crippen LogP contribution is 2.32. The van der Waals surface area contributed by atoms with Gasteiger partial charge in [0.05, 0.1) is 0 Å². The Kier molecular flexibility index (Phi) is 3.85. The molecule has 2 fully saturated rings. The third-order valence-corrected chi connectivity index (χ3v) is 3.90. The molecule has 1 saturated heterocycles. The summed E-state index contributed by atoms with van der Waals surface area (Å²) in [5, 5.41) is 3.68. The van der Waals surface area contributed by atoms with Crippen LogP contribution in [0.15, 0.2) is 0 Å². The maximum absolute atomic E-state index is 5.97. The number of nitrogens with two attached hydrogens (primary N) is 1. The average molecular weight is 226 g/mol. The van der Waals surface area contributed by atoms with Crippen molar-refractivity contribution in [3.05, 3.63) is 0 Å². The predicted octanol–water partition coefficient (Wildman–Crippen LogP) is -0.297. The number of nitrogens with one attached hydrogen (secondary N) is 1. The molecule has 0 bridgehead atoms. The maximum Gasteiger partial charge on any atom is 0.0445 e. The Morgan fingerprint density at radius 2 is 2.19 bits per heavy atom. The molecule has 0 aromatic carbocycles. The number of hydrogen-bond donors (Lipinski definition) is 2. The second-order valence-corrected chi connectivity index (χ2v) is 5.67. The Labute approximate surface area is 99.2 Å². The van der Waals surface area contributed by atoms with Crippen molar-refractivity contribution in [2.45, 2.75) is 30.8 Å². The summed E-state index contributed by atoms with van der Waals surface area (Å²) in [7, 11) is 4.23. The van der Waals surface area contributed by atoms with Crippen LogP contribution in [0.1, 0.15) is 19.3 Å². The van der Waals surface area contributed by atoms with Gasteiger partial charge in [-0.15, -0.1) is 0 Å². The van der Waals surface area contributed by atoms with Crippen LogP contribution in [0.4, 0.5) is 0 Å². The van der Waals surface area contributed by atoms with E-state index in [1.54, 1.807) is 0 Å². The molecule has 4 nitrogen and oxygen atoms in total. The molecule has 94 valence electrons. The van der Waals surface area contributed by atoms with Gasteiger partial charge < -0.3 is 16.0 Å². The van der Waals surface area contributed by atoms with Gasteiger partial charge in [-0.25, -0.2) is 0 Å². The SMILES string of the molecule is CN(C)CCNC1(CN)CCN(C2CC2)C1. The minimum Gasteiger partial charge on any atom is -0.329 e. The summed E-state index contributed by atoms with van der Waals surface area (Å²) in [6.45, 7) is 5.29. The molecular formula is C12H26N4. The molecule has 4 heteroatoms. The Morgan fingerprint density at radius 1 is 1.44 bits per heavy atom. The van der Waals surface area contributed by atoms with Gasteiger partial charge in [0, 0.05) is 44.3 Å². The first-order chi connectivity index (χ1) is 7.65. The van der Waals surface area contributed by atoms with Crippen LogP contribution in [0, 0.1) is 0 Å². The van der Waals surface area contributed by atoms with Crippen LogP contribution < -0.4 is 11.1 Å². The molecule has 0 aromatic rings. The monoisotopic (exact) mass is 226 g/mol. The van der Waals surface area contributed by atoms with Crippen LogP contribution >= 0.6 is 0 Å². The van der Waals surface area contributed by atoms with E-state index in [-0.39, 0.29) is 5.54 Å². The summed E-state index contributed by atoms with van der Waals surface area (Å²) < 4.78 is 0. The summed E-state index contributed by atoms with van der Waals surface area (Å²) in [5.74, 6) is 0. The average Bonchev–Trinajstić information content (AvgIpc) is 3.01. The van der Waals surface area contributed by atoms with Crippen LogP contribution in [0.5, 0.6) is 0 Å². The first-order valence-electron chi connectivity index (χ1n) is 6.49. The van der Waals surface area contributed by atoms with Crippen molar-refractivity contribution in [1.82, 2.24) is 15.1 Å². The smallest absolute Gasteiger partial charge is 0.0445 e. The topological polar surface area (TPSA) is 44.5 Å². The molecule has 3 N–H and O–H groups in total. The molecule has 0 amide bonds. The van der Waals surface area contributed by atoms with Crippen LogP contribution in [0.3, 0.4) is 0 Å². The van der Waals surface area contributed by atoms with Crippen molar-refractivity contribution in [2.75, 3.05) is 46.8 Å². The van der Waals surface area contributed by atoms with Crippen molar-refractivity contribution in [3.63, 3.8) is 0 Å². The van der Waals surface area contributed by atoms with E-state index < -0.39 is 0 Å². The second-order valence-electron chi connectivity index (χ2n) is 5.67. The second kappa shape index (κ2) is 5.00. The van der Waals surface area contributed by atoms with E-state index in [0.29, 0.717) is 0 Å². The zero-order valence-corrected chi connectivity index (χ0v) is 10.7. The van der Waals surface area contributed by atoms with E-state index in [2.05, 4.69) is 29.2 Å². The van der Waals surface area contributed by atoms with E-state index in [1.165, 1.54) is 25.8 Å².